The molecule has 0 fully saturated rings. The molecule has 0 aliphatic heterocycles. The van der Waals surface area contributed by atoms with Crippen LogP contribution in [0, 0.1) is 0 Å². The zero-order valence-corrected chi connectivity index (χ0v) is 17.0. The molecule has 0 aliphatic rings. The van der Waals surface area contributed by atoms with Gasteiger partial charge in [0.2, 0.25) is 9.84 Å². The third kappa shape index (κ3) is 4.79. The zero-order chi connectivity index (χ0) is 22.4. The Morgan fingerprint density at radius 2 is 1.06 bits per heavy atom. The summed E-state index contributed by atoms with van der Waals surface area (Å²) in [5.74, 6) is -2.46. The topological polar surface area (TPSA) is 109 Å². The lowest BCUT2D eigenvalue weighted by Gasteiger charge is -2.05. The summed E-state index contributed by atoms with van der Waals surface area (Å²) in [5.41, 5.74) is -0.350. The van der Waals surface area contributed by atoms with E-state index in [9.17, 15) is 18.0 Å². The molecular weight excluding hydrogens is 416 g/mol. The van der Waals surface area contributed by atoms with Gasteiger partial charge in [0, 0.05) is 0 Å². The number of carboxylic acid groups (broad SMARTS) is 2. The summed E-state index contributed by atoms with van der Waals surface area (Å²) in [4.78, 5) is 22.6. The molecule has 4 aromatic carbocycles. The van der Waals surface area contributed by atoms with Crippen molar-refractivity contribution in [1.29, 1.82) is 0 Å². The number of hydrogen-bond donors (Lipinski definition) is 2. The highest BCUT2D eigenvalue weighted by Gasteiger charge is 2.18. The van der Waals surface area contributed by atoms with Gasteiger partial charge in [-0.3, -0.25) is 0 Å². The summed E-state index contributed by atoms with van der Waals surface area (Å²) in [6.07, 6.45) is 0. The lowest BCUT2D eigenvalue weighted by Crippen LogP contribution is -2.08. The predicted octanol–water partition coefficient (Wildman–Crippen LogP) is 4.76. The van der Waals surface area contributed by atoms with Crippen molar-refractivity contribution in [3.05, 3.63) is 108 Å². The maximum atomic E-state index is 12.0. The Labute approximate surface area is 178 Å². The normalized spacial score (nSPS) is 10.7. The van der Waals surface area contributed by atoms with Gasteiger partial charge >= 0.3 is 11.9 Å². The van der Waals surface area contributed by atoms with Crippen LogP contribution in [0.3, 0.4) is 0 Å². The highest BCUT2D eigenvalue weighted by Crippen LogP contribution is 2.23. The van der Waals surface area contributed by atoms with E-state index in [2.05, 4.69) is 0 Å². The molecule has 156 valence electrons. The van der Waals surface area contributed by atoms with Gasteiger partial charge in [0.05, 0.1) is 20.9 Å². The molecule has 0 atom stereocenters. The molecule has 0 amide bonds. The summed E-state index contributed by atoms with van der Waals surface area (Å²) < 4.78 is 24.1. The second-order valence-corrected chi connectivity index (χ2v) is 8.40. The molecule has 0 saturated carbocycles. The van der Waals surface area contributed by atoms with E-state index in [0.29, 0.717) is 20.6 Å². The minimum absolute atomic E-state index is 0.161. The van der Waals surface area contributed by atoms with Gasteiger partial charge in [-0.1, -0.05) is 66.7 Å². The quantitative estimate of drug-likeness (QED) is 0.480. The Morgan fingerprint density at radius 3 is 1.55 bits per heavy atom. The summed E-state index contributed by atoms with van der Waals surface area (Å²) in [6, 6.07) is 26.6. The maximum absolute atomic E-state index is 12.0. The summed E-state index contributed by atoms with van der Waals surface area (Å²) in [5, 5.41) is 19.1. The number of hydrogen-bond acceptors (Lipinski definition) is 4. The van der Waals surface area contributed by atoms with Crippen LogP contribution in [0.25, 0.3) is 10.8 Å². The fraction of sp³-hybridized carbons (Fsp3) is 0. The largest absolute Gasteiger partial charge is 0.478 e. The molecule has 7 heteroatoms. The second kappa shape index (κ2) is 9.23. The first-order valence-electron chi connectivity index (χ1n) is 9.16. The first-order chi connectivity index (χ1) is 14.8. The number of aromatic carboxylic acids is 2. The van der Waals surface area contributed by atoms with Gasteiger partial charge < -0.3 is 10.2 Å². The molecule has 0 radical (unpaired) electrons. The summed E-state index contributed by atoms with van der Waals surface area (Å²) in [7, 11) is -3.34. The highest BCUT2D eigenvalue weighted by molar-refractivity contribution is 7.91. The molecule has 6 nitrogen and oxygen atoms in total. The summed E-state index contributed by atoms with van der Waals surface area (Å²) >= 11 is 0. The van der Waals surface area contributed by atoms with Gasteiger partial charge in [0.15, 0.2) is 0 Å². The molecule has 0 saturated heterocycles. The van der Waals surface area contributed by atoms with Crippen LogP contribution in [0.1, 0.15) is 20.7 Å². The molecule has 4 aromatic rings. The zero-order valence-electron chi connectivity index (χ0n) is 16.2. The van der Waals surface area contributed by atoms with Crippen LogP contribution >= 0.6 is 0 Å². The number of benzene rings is 4. The molecule has 0 bridgehead atoms. The molecule has 0 aliphatic carbocycles. The Morgan fingerprint density at radius 1 is 0.581 bits per heavy atom. The molecule has 4 rings (SSSR count). The van der Waals surface area contributed by atoms with Crippen molar-refractivity contribution in [2.75, 3.05) is 0 Å². The number of fused-ring (bicyclic) bond motifs is 1. The predicted molar refractivity (Wildman–Crippen MR) is 116 cm³/mol. The van der Waals surface area contributed by atoms with Gasteiger partial charge in [0.1, 0.15) is 0 Å². The van der Waals surface area contributed by atoms with Crippen molar-refractivity contribution in [2.24, 2.45) is 0 Å². The number of carboxylic acids is 2. The van der Waals surface area contributed by atoms with Crippen LogP contribution in [0.4, 0.5) is 0 Å². The van der Waals surface area contributed by atoms with Gasteiger partial charge in [0.25, 0.3) is 0 Å². The van der Waals surface area contributed by atoms with E-state index in [-0.39, 0.29) is 11.1 Å². The van der Waals surface area contributed by atoms with Crippen molar-refractivity contribution >= 4 is 32.5 Å². The van der Waals surface area contributed by atoms with E-state index in [4.69, 9.17) is 10.2 Å². The highest BCUT2D eigenvalue weighted by atomic mass is 32.2. The molecule has 31 heavy (non-hydrogen) atoms. The molecular formula is C24H18O6S. The van der Waals surface area contributed by atoms with Crippen molar-refractivity contribution in [3.63, 3.8) is 0 Å². The Balaban J connectivity index is 0.000000176. The Bertz CT molecular complexity index is 1290. The van der Waals surface area contributed by atoms with Gasteiger partial charge in [-0.2, -0.15) is 0 Å². The van der Waals surface area contributed by atoms with Crippen LogP contribution in [0.15, 0.2) is 107 Å². The minimum Gasteiger partial charge on any atom is -0.478 e. The minimum atomic E-state index is -3.34. The lowest BCUT2D eigenvalue weighted by atomic mass is 9.99. The van der Waals surface area contributed by atoms with Crippen LogP contribution in [-0.4, -0.2) is 30.6 Å². The molecule has 0 heterocycles. The van der Waals surface area contributed by atoms with Gasteiger partial charge in [-0.15, -0.1) is 0 Å². The van der Waals surface area contributed by atoms with E-state index in [1.807, 2.05) is 0 Å². The van der Waals surface area contributed by atoms with Crippen molar-refractivity contribution in [1.82, 2.24) is 0 Å². The first kappa shape index (κ1) is 21.7. The fourth-order valence-corrected chi connectivity index (χ4v) is 4.32. The Kier molecular flexibility index (Phi) is 6.47. The SMILES string of the molecule is O=C(O)c1ccc2ccccc2c1C(=O)O.O=S(=O)(c1ccccc1)c1ccccc1. The number of rotatable bonds is 4. The van der Waals surface area contributed by atoms with Crippen molar-refractivity contribution < 1.29 is 28.2 Å². The van der Waals surface area contributed by atoms with E-state index in [0.717, 1.165) is 0 Å². The number of sulfone groups is 1. The van der Waals surface area contributed by atoms with E-state index in [1.165, 1.54) is 6.07 Å². The molecule has 0 aromatic heterocycles. The average Bonchev–Trinajstić information content (AvgIpc) is 2.79. The maximum Gasteiger partial charge on any atom is 0.337 e. The molecule has 2 N–H and O–H groups in total. The standard InChI is InChI=1S/C12H8O4.C12H10O2S/c13-11(14)9-6-5-7-3-1-2-4-8(7)10(9)12(15)16;13-15(14,11-7-3-1-4-8-11)12-9-5-2-6-10-12/h1-6H,(H,13,14)(H,15,16);1-10H. The molecule has 0 unspecified atom stereocenters. The van der Waals surface area contributed by atoms with Crippen LogP contribution in [0.5, 0.6) is 0 Å². The van der Waals surface area contributed by atoms with Gasteiger partial charge in [-0.05, 0) is 41.1 Å². The monoisotopic (exact) mass is 434 g/mol. The van der Waals surface area contributed by atoms with Crippen molar-refractivity contribution in [2.45, 2.75) is 9.79 Å². The second-order valence-electron chi connectivity index (χ2n) is 6.45. The summed E-state index contributed by atoms with van der Waals surface area (Å²) in [6.45, 7) is 0. The van der Waals surface area contributed by atoms with Crippen molar-refractivity contribution in [3.8, 4) is 0 Å². The average molecular weight is 434 g/mol. The smallest absolute Gasteiger partial charge is 0.337 e. The first-order valence-corrected chi connectivity index (χ1v) is 10.6. The van der Waals surface area contributed by atoms with Gasteiger partial charge in [-0.25, -0.2) is 18.0 Å². The Hall–Kier alpha value is -3.97. The third-order valence-electron chi connectivity index (χ3n) is 4.48. The number of carbonyl (C=O) groups is 2. The van der Waals surface area contributed by atoms with E-state index in [1.54, 1.807) is 91.0 Å². The van der Waals surface area contributed by atoms with E-state index < -0.39 is 21.8 Å². The lowest BCUT2D eigenvalue weighted by molar-refractivity contribution is 0.0653. The van der Waals surface area contributed by atoms with Crippen LogP contribution in [-0.2, 0) is 9.84 Å². The van der Waals surface area contributed by atoms with Crippen LogP contribution in [0.2, 0.25) is 0 Å². The molecule has 0 spiro atoms. The fourth-order valence-electron chi connectivity index (χ4n) is 3.02. The third-order valence-corrected chi connectivity index (χ3v) is 6.27. The van der Waals surface area contributed by atoms with E-state index >= 15 is 0 Å². The van der Waals surface area contributed by atoms with Crippen LogP contribution < -0.4 is 0 Å².